The SMILES string of the molecule is C=CCCCCOC(=O)[C@@H]1[C@H]2C(=O)N([C@@H](CO)C(C)C)C(C(=O)N(CC=C)C3CCCCC3)C23CC[C@@]1(C)S3. The van der Waals surface area contributed by atoms with Gasteiger partial charge in [0.15, 0.2) is 0 Å². The van der Waals surface area contributed by atoms with Crippen LogP contribution in [0.2, 0.25) is 0 Å². The van der Waals surface area contributed by atoms with E-state index < -0.39 is 33.4 Å². The standard InChI is InChI=1S/C31H48N2O5S/c1-6-8-9-13-19-38-29(37)25-24-27(35)33(23(20-34)21(3)4)26(31(24)17-16-30(25,5)39-31)28(36)32(18-7-2)22-14-11-10-12-15-22/h6-7,21-26,34H,1-2,8-20H2,3-5H3/t23-,24-,25-,26?,30+,31?/m0/s1. The highest BCUT2D eigenvalue weighted by Crippen LogP contribution is 2.72. The van der Waals surface area contributed by atoms with Crippen molar-refractivity contribution in [3.8, 4) is 0 Å². The zero-order chi connectivity index (χ0) is 28.4. The van der Waals surface area contributed by atoms with Gasteiger partial charge >= 0.3 is 5.97 Å². The Morgan fingerprint density at radius 2 is 1.90 bits per heavy atom. The zero-order valence-electron chi connectivity index (χ0n) is 24.1. The molecule has 218 valence electrons. The Kier molecular flexibility index (Phi) is 9.57. The summed E-state index contributed by atoms with van der Waals surface area (Å²) in [6.07, 6.45) is 12.9. The van der Waals surface area contributed by atoms with Gasteiger partial charge in [-0.2, -0.15) is 0 Å². The van der Waals surface area contributed by atoms with Crippen molar-refractivity contribution in [2.75, 3.05) is 19.8 Å². The number of unbranched alkanes of at least 4 members (excludes halogenated alkanes) is 2. The first-order chi connectivity index (χ1) is 18.7. The number of allylic oxidation sites excluding steroid dienone is 1. The van der Waals surface area contributed by atoms with Crippen molar-refractivity contribution in [3.05, 3.63) is 25.3 Å². The van der Waals surface area contributed by atoms with Gasteiger partial charge in [0.1, 0.15) is 6.04 Å². The van der Waals surface area contributed by atoms with Gasteiger partial charge in [0.05, 0.1) is 35.8 Å². The first-order valence-electron chi connectivity index (χ1n) is 15.0. The number of nitrogens with zero attached hydrogens (tertiary/aromatic N) is 2. The summed E-state index contributed by atoms with van der Waals surface area (Å²) >= 11 is 1.67. The average Bonchev–Trinajstić information content (AvgIpc) is 3.48. The van der Waals surface area contributed by atoms with Crippen molar-refractivity contribution in [2.45, 2.75) is 113 Å². The summed E-state index contributed by atoms with van der Waals surface area (Å²) < 4.78 is 4.62. The highest BCUT2D eigenvalue weighted by Gasteiger charge is 2.78. The maximum absolute atomic E-state index is 14.7. The van der Waals surface area contributed by atoms with Crippen LogP contribution in [0.25, 0.3) is 0 Å². The summed E-state index contributed by atoms with van der Waals surface area (Å²) in [6.45, 7) is 14.2. The van der Waals surface area contributed by atoms with E-state index in [-0.39, 0.29) is 36.4 Å². The Hall–Kier alpha value is -1.80. The van der Waals surface area contributed by atoms with E-state index in [2.05, 4.69) is 20.1 Å². The number of amides is 2. The minimum Gasteiger partial charge on any atom is -0.465 e. The maximum atomic E-state index is 14.7. The Bertz CT molecular complexity index is 949. The third-order valence-electron chi connectivity index (χ3n) is 9.69. The lowest BCUT2D eigenvalue weighted by molar-refractivity contribution is -0.156. The number of carbonyl (C=O) groups is 3. The summed E-state index contributed by atoms with van der Waals surface area (Å²) in [6, 6.07) is -1.08. The van der Waals surface area contributed by atoms with Crippen molar-refractivity contribution in [1.29, 1.82) is 0 Å². The first-order valence-corrected chi connectivity index (χ1v) is 15.8. The number of thioether (sulfide) groups is 1. The zero-order valence-corrected chi connectivity index (χ0v) is 24.9. The number of aliphatic hydroxyl groups excluding tert-OH is 1. The molecule has 6 atom stereocenters. The minimum absolute atomic E-state index is 0.0416. The van der Waals surface area contributed by atoms with E-state index in [1.54, 1.807) is 22.7 Å². The predicted octanol–water partition coefficient (Wildman–Crippen LogP) is 4.73. The third kappa shape index (κ3) is 5.32. The molecular weight excluding hydrogens is 512 g/mol. The average molecular weight is 561 g/mol. The van der Waals surface area contributed by atoms with E-state index in [4.69, 9.17) is 4.74 Å². The lowest BCUT2D eigenvalue weighted by Crippen LogP contribution is -2.60. The number of fused-ring (bicyclic) bond motifs is 1. The monoisotopic (exact) mass is 560 g/mol. The highest BCUT2D eigenvalue weighted by molar-refractivity contribution is 8.02. The summed E-state index contributed by atoms with van der Waals surface area (Å²) in [5.41, 5.74) is 0. The van der Waals surface area contributed by atoms with E-state index in [0.29, 0.717) is 19.6 Å². The number of aliphatic hydroxyl groups is 1. The van der Waals surface area contributed by atoms with Crippen LogP contribution in [0.3, 0.4) is 0 Å². The topological polar surface area (TPSA) is 87.1 Å². The quantitative estimate of drug-likeness (QED) is 0.199. The number of ether oxygens (including phenoxy) is 1. The number of hydrogen-bond donors (Lipinski definition) is 1. The smallest absolute Gasteiger partial charge is 0.311 e. The molecule has 0 radical (unpaired) electrons. The third-order valence-corrected chi connectivity index (χ3v) is 11.7. The van der Waals surface area contributed by atoms with Crippen LogP contribution in [0.15, 0.2) is 25.3 Å². The van der Waals surface area contributed by atoms with Gasteiger partial charge in [-0.25, -0.2) is 0 Å². The van der Waals surface area contributed by atoms with Gasteiger partial charge in [-0.05, 0) is 57.8 Å². The molecule has 4 rings (SSSR count). The molecule has 7 nitrogen and oxygen atoms in total. The molecule has 1 spiro atoms. The van der Waals surface area contributed by atoms with Crippen molar-refractivity contribution < 1.29 is 24.2 Å². The predicted molar refractivity (Wildman–Crippen MR) is 155 cm³/mol. The van der Waals surface area contributed by atoms with Crippen LogP contribution in [-0.4, -0.2) is 80.1 Å². The van der Waals surface area contributed by atoms with Crippen LogP contribution in [0, 0.1) is 17.8 Å². The lowest BCUT2D eigenvalue weighted by Gasteiger charge is -2.43. The van der Waals surface area contributed by atoms with Crippen LogP contribution < -0.4 is 0 Å². The van der Waals surface area contributed by atoms with Crippen molar-refractivity contribution in [3.63, 3.8) is 0 Å². The highest BCUT2D eigenvalue weighted by atomic mass is 32.2. The number of esters is 1. The van der Waals surface area contributed by atoms with E-state index in [1.165, 1.54) is 6.42 Å². The second kappa shape index (κ2) is 12.4. The molecule has 8 heteroatoms. The summed E-state index contributed by atoms with van der Waals surface area (Å²) in [5.74, 6) is -1.81. The molecule has 4 aliphatic rings. The van der Waals surface area contributed by atoms with E-state index in [9.17, 15) is 19.5 Å². The molecule has 0 aromatic carbocycles. The van der Waals surface area contributed by atoms with Crippen molar-refractivity contribution >= 4 is 29.5 Å². The van der Waals surface area contributed by atoms with Crippen molar-refractivity contribution in [2.24, 2.45) is 17.8 Å². The van der Waals surface area contributed by atoms with E-state index in [1.807, 2.05) is 24.8 Å². The molecule has 1 saturated carbocycles. The van der Waals surface area contributed by atoms with Crippen LogP contribution in [0.5, 0.6) is 0 Å². The van der Waals surface area contributed by atoms with E-state index >= 15 is 0 Å². The summed E-state index contributed by atoms with van der Waals surface area (Å²) in [4.78, 5) is 46.3. The van der Waals surface area contributed by atoms with Gasteiger partial charge < -0.3 is 19.6 Å². The van der Waals surface area contributed by atoms with Gasteiger partial charge in [0.25, 0.3) is 0 Å². The van der Waals surface area contributed by atoms with E-state index in [0.717, 1.165) is 51.4 Å². The molecule has 3 saturated heterocycles. The van der Waals surface area contributed by atoms with Crippen LogP contribution >= 0.6 is 11.8 Å². The lowest BCUT2D eigenvalue weighted by atomic mass is 9.66. The molecule has 2 unspecified atom stereocenters. The number of hydrogen-bond acceptors (Lipinski definition) is 6. The molecule has 3 aliphatic heterocycles. The van der Waals surface area contributed by atoms with Crippen LogP contribution in [0.1, 0.15) is 85.0 Å². The molecule has 1 N–H and O–H groups in total. The molecule has 0 aromatic rings. The second-order valence-corrected chi connectivity index (χ2v) is 14.4. The van der Waals surface area contributed by atoms with Crippen LogP contribution in [0.4, 0.5) is 0 Å². The van der Waals surface area contributed by atoms with Crippen molar-refractivity contribution in [1.82, 2.24) is 9.80 Å². The van der Waals surface area contributed by atoms with Gasteiger partial charge in [-0.15, -0.1) is 24.9 Å². The Morgan fingerprint density at radius 1 is 1.18 bits per heavy atom. The molecular formula is C31H48N2O5S. The van der Waals surface area contributed by atoms with Gasteiger partial charge in [-0.3, -0.25) is 14.4 Å². The fourth-order valence-electron chi connectivity index (χ4n) is 7.74. The Balaban J connectivity index is 1.71. The minimum atomic E-state index is -0.714. The van der Waals surface area contributed by atoms with Crippen LogP contribution in [-0.2, 0) is 19.1 Å². The molecule has 3 heterocycles. The number of likely N-dealkylation sites (tertiary alicyclic amines) is 1. The fourth-order valence-corrected chi connectivity index (χ4v) is 10.1. The Morgan fingerprint density at radius 3 is 2.51 bits per heavy atom. The van der Waals surface area contributed by atoms with Gasteiger partial charge in [-0.1, -0.05) is 45.3 Å². The molecule has 2 amide bonds. The second-order valence-electron chi connectivity index (χ2n) is 12.5. The van der Waals surface area contributed by atoms with Gasteiger partial charge in [0, 0.05) is 17.3 Å². The largest absolute Gasteiger partial charge is 0.465 e. The molecule has 39 heavy (non-hydrogen) atoms. The first kappa shape index (κ1) is 30.2. The normalized spacial score (nSPS) is 32.8. The molecule has 1 aliphatic carbocycles. The molecule has 2 bridgehead atoms. The summed E-state index contributed by atoms with van der Waals surface area (Å²) in [7, 11) is 0. The molecule has 0 aromatic heterocycles. The molecule has 4 fully saturated rings. The summed E-state index contributed by atoms with van der Waals surface area (Å²) in [5, 5.41) is 10.5. The Labute approximate surface area is 238 Å². The number of carbonyl (C=O) groups excluding carboxylic acids is 3. The maximum Gasteiger partial charge on any atom is 0.311 e. The fraction of sp³-hybridized carbons (Fsp3) is 0.774. The number of rotatable bonds is 13. The van der Waals surface area contributed by atoms with Gasteiger partial charge in [0.2, 0.25) is 11.8 Å².